The number of nitriles is 1. The zero-order valence-electron chi connectivity index (χ0n) is 13.0. The number of hydrogen-bond acceptors (Lipinski definition) is 5. The number of pyridine rings is 1. The van der Waals surface area contributed by atoms with Crippen molar-refractivity contribution in [3.63, 3.8) is 0 Å². The Hall–Kier alpha value is -3.73. The van der Waals surface area contributed by atoms with E-state index < -0.39 is 5.97 Å². The second-order valence-corrected chi connectivity index (χ2v) is 5.36. The predicted molar refractivity (Wildman–Crippen MR) is 88.0 cm³/mol. The van der Waals surface area contributed by atoms with Crippen LogP contribution in [-0.4, -0.2) is 26.3 Å². The lowest BCUT2D eigenvalue weighted by molar-refractivity contribution is 0.0690. The van der Waals surface area contributed by atoms with Crippen LogP contribution in [0.4, 0.5) is 10.2 Å². The highest BCUT2D eigenvalue weighted by molar-refractivity contribution is 5.87. The fraction of sp³-hybridized carbons (Fsp3) is 0.0588. The molecule has 4 N–H and O–H groups in total. The lowest BCUT2D eigenvalue weighted by atomic mass is 9.98. The van der Waals surface area contributed by atoms with Crippen LogP contribution in [0.3, 0.4) is 0 Å². The zero-order chi connectivity index (χ0) is 18.1. The van der Waals surface area contributed by atoms with E-state index in [-0.39, 0.29) is 28.6 Å². The van der Waals surface area contributed by atoms with Crippen molar-refractivity contribution < 1.29 is 14.3 Å². The molecule has 0 spiro atoms. The van der Waals surface area contributed by atoms with Crippen molar-refractivity contribution >= 4 is 11.8 Å². The first-order valence-electron chi connectivity index (χ1n) is 7.17. The van der Waals surface area contributed by atoms with Gasteiger partial charge < -0.3 is 10.8 Å². The molecule has 3 rings (SSSR count). The minimum atomic E-state index is -1.16. The second-order valence-electron chi connectivity index (χ2n) is 5.36. The minimum Gasteiger partial charge on any atom is -0.477 e. The van der Waals surface area contributed by atoms with Crippen molar-refractivity contribution in [3.8, 4) is 28.6 Å². The molecule has 0 fully saturated rings. The van der Waals surface area contributed by atoms with Gasteiger partial charge in [0.2, 0.25) is 0 Å². The van der Waals surface area contributed by atoms with Gasteiger partial charge in [-0.05, 0) is 36.2 Å². The third-order valence-electron chi connectivity index (χ3n) is 3.70. The van der Waals surface area contributed by atoms with Crippen molar-refractivity contribution in [2.45, 2.75) is 6.92 Å². The van der Waals surface area contributed by atoms with Crippen molar-refractivity contribution in [2.75, 3.05) is 5.73 Å². The molecule has 2 heterocycles. The number of carbonyl (C=O) groups is 1. The number of nitrogen functional groups attached to an aromatic ring is 1. The first kappa shape index (κ1) is 16.1. The quantitative estimate of drug-likeness (QED) is 0.674. The zero-order valence-corrected chi connectivity index (χ0v) is 13.0. The van der Waals surface area contributed by atoms with Gasteiger partial charge in [-0.15, -0.1) is 0 Å². The van der Waals surface area contributed by atoms with E-state index in [4.69, 9.17) is 10.8 Å². The van der Waals surface area contributed by atoms with Gasteiger partial charge in [-0.3, -0.25) is 5.10 Å². The summed E-state index contributed by atoms with van der Waals surface area (Å²) in [5.41, 5.74) is 8.00. The Morgan fingerprint density at radius 2 is 2.08 bits per heavy atom. The molecule has 3 aromatic rings. The molecule has 2 aromatic heterocycles. The van der Waals surface area contributed by atoms with E-state index in [9.17, 15) is 14.4 Å². The Kier molecular flexibility index (Phi) is 3.91. The Balaban J connectivity index is 2.20. The lowest BCUT2D eigenvalue weighted by Gasteiger charge is -2.10. The van der Waals surface area contributed by atoms with Gasteiger partial charge in [0.1, 0.15) is 34.7 Å². The van der Waals surface area contributed by atoms with E-state index in [0.717, 1.165) is 0 Å². The molecule has 0 amide bonds. The van der Waals surface area contributed by atoms with E-state index in [1.165, 1.54) is 18.2 Å². The fourth-order valence-corrected chi connectivity index (χ4v) is 2.42. The van der Waals surface area contributed by atoms with E-state index in [1.54, 1.807) is 19.1 Å². The first-order chi connectivity index (χ1) is 11.9. The van der Waals surface area contributed by atoms with E-state index in [2.05, 4.69) is 15.2 Å². The molecule has 0 bridgehead atoms. The van der Waals surface area contributed by atoms with Crippen LogP contribution in [0.5, 0.6) is 0 Å². The molecule has 8 heteroatoms. The van der Waals surface area contributed by atoms with Gasteiger partial charge in [-0.25, -0.2) is 14.2 Å². The molecule has 0 saturated carbocycles. The van der Waals surface area contributed by atoms with Gasteiger partial charge >= 0.3 is 5.97 Å². The Bertz CT molecular complexity index is 1040. The van der Waals surface area contributed by atoms with Crippen LogP contribution in [0.1, 0.15) is 21.6 Å². The van der Waals surface area contributed by atoms with Gasteiger partial charge in [-0.1, -0.05) is 6.07 Å². The maximum absolute atomic E-state index is 13.5. The van der Waals surface area contributed by atoms with Crippen LogP contribution in [0, 0.1) is 24.1 Å². The third-order valence-corrected chi connectivity index (χ3v) is 3.70. The highest BCUT2D eigenvalue weighted by Crippen LogP contribution is 2.31. The number of benzene rings is 1. The molecule has 0 atom stereocenters. The number of aromatic nitrogens is 3. The van der Waals surface area contributed by atoms with Crippen molar-refractivity contribution in [3.05, 3.63) is 53.0 Å². The van der Waals surface area contributed by atoms with Gasteiger partial charge in [-0.2, -0.15) is 10.4 Å². The third kappa shape index (κ3) is 2.90. The predicted octanol–water partition coefficient (Wildman–Crippen LogP) is 2.74. The Labute approximate surface area is 141 Å². The van der Waals surface area contributed by atoms with Crippen LogP contribution in [0.25, 0.3) is 22.5 Å². The van der Waals surface area contributed by atoms with Crippen LogP contribution < -0.4 is 5.73 Å². The molecule has 0 saturated heterocycles. The molecular formula is C17H12FN5O2. The van der Waals surface area contributed by atoms with E-state index >= 15 is 0 Å². The van der Waals surface area contributed by atoms with E-state index in [1.807, 2.05) is 6.07 Å². The summed E-state index contributed by atoms with van der Waals surface area (Å²) in [5, 5.41) is 24.6. The topological polar surface area (TPSA) is 129 Å². The number of hydrogen-bond donors (Lipinski definition) is 3. The molecule has 7 nitrogen and oxygen atoms in total. The summed E-state index contributed by atoms with van der Waals surface area (Å²) >= 11 is 0. The average Bonchev–Trinajstić information content (AvgIpc) is 3.07. The summed E-state index contributed by atoms with van der Waals surface area (Å²) in [6.07, 6.45) is 0. The molecule has 0 aliphatic heterocycles. The van der Waals surface area contributed by atoms with Crippen molar-refractivity contribution in [2.24, 2.45) is 0 Å². The molecular weight excluding hydrogens is 325 g/mol. The van der Waals surface area contributed by atoms with Crippen LogP contribution in [-0.2, 0) is 0 Å². The van der Waals surface area contributed by atoms with Gasteiger partial charge in [0.25, 0.3) is 0 Å². The second kappa shape index (κ2) is 6.05. The summed E-state index contributed by atoms with van der Waals surface area (Å²) in [6, 6.07) is 9.32. The molecule has 124 valence electrons. The largest absolute Gasteiger partial charge is 0.477 e. The molecule has 0 aliphatic carbocycles. The maximum Gasteiger partial charge on any atom is 0.353 e. The highest BCUT2D eigenvalue weighted by Gasteiger charge is 2.17. The normalized spacial score (nSPS) is 10.4. The van der Waals surface area contributed by atoms with Gasteiger partial charge in [0.15, 0.2) is 0 Å². The van der Waals surface area contributed by atoms with Crippen molar-refractivity contribution in [1.29, 1.82) is 5.26 Å². The van der Waals surface area contributed by atoms with Gasteiger partial charge in [0, 0.05) is 11.6 Å². The smallest absolute Gasteiger partial charge is 0.353 e. The summed E-state index contributed by atoms with van der Waals surface area (Å²) in [7, 11) is 0. The Morgan fingerprint density at radius 3 is 2.68 bits per heavy atom. The average molecular weight is 337 g/mol. The van der Waals surface area contributed by atoms with Gasteiger partial charge in [0.05, 0.1) is 5.69 Å². The number of halogens is 1. The maximum atomic E-state index is 13.5. The summed E-state index contributed by atoms with van der Waals surface area (Å²) in [6.45, 7) is 1.61. The lowest BCUT2D eigenvalue weighted by Crippen LogP contribution is -2.00. The van der Waals surface area contributed by atoms with Crippen molar-refractivity contribution in [1.82, 2.24) is 15.2 Å². The Morgan fingerprint density at radius 1 is 1.32 bits per heavy atom. The number of aryl methyl sites for hydroxylation is 1. The SMILES string of the molecule is Cc1cc(-c2cc(-c3cc(C(=O)O)[nH]n3)nc(N)c2C#N)ccc1F. The number of carboxylic acid groups (broad SMARTS) is 1. The summed E-state index contributed by atoms with van der Waals surface area (Å²) in [5.74, 6) is -1.53. The number of nitrogens with zero attached hydrogens (tertiary/aromatic N) is 3. The van der Waals surface area contributed by atoms with E-state index in [0.29, 0.717) is 22.4 Å². The monoisotopic (exact) mass is 337 g/mol. The fourth-order valence-electron chi connectivity index (χ4n) is 2.42. The highest BCUT2D eigenvalue weighted by atomic mass is 19.1. The number of aromatic amines is 1. The number of H-pyrrole nitrogens is 1. The number of nitrogens with two attached hydrogens (primary N) is 1. The molecule has 0 radical (unpaired) electrons. The standard InChI is InChI=1S/C17H12FN5O2/c1-8-4-9(2-3-12(8)18)10-5-13(21-16(20)11(10)7-19)14-6-15(17(24)25)23-22-14/h2-6H,1H3,(H2,20,21)(H,22,23)(H,24,25). The number of aromatic carboxylic acids is 1. The summed E-state index contributed by atoms with van der Waals surface area (Å²) < 4.78 is 13.5. The molecule has 25 heavy (non-hydrogen) atoms. The number of rotatable bonds is 3. The van der Waals surface area contributed by atoms with Crippen LogP contribution in [0.15, 0.2) is 30.3 Å². The molecule has 1 aromatic carbocycles. The minimum absolute atomic E-state index is 0.0168. The molecule has 0 aliphatic rings. The van der Waals surface area contributed by atoms with Crippen LogP contribution in [0.2, 0.25) is 0 Å². The van der Waals surface area contributed by atoms with Crippen LogP contribution >= 0.6 is 0 Å². The molecule has 0 unspecified atom stereocenters. The number of nitrogens with one attached hydrogen (secondary N) is 1. The number of anilines is 1. The first-order valence-corrected chi connectivity index (χ1v) is 7.17. The summed E-state index contributed by atoms with van der Waals surface area (Å²) in [4.78, 5) is 15.1. The number of carboxylic acids is 1.